The van der Waals surface area contributed by atoms with Crippen LogP contribution in [0.2, 0.25) is 0 Å². The zero-order chi connectivity index (χ0) is 12.4. The Morgan fingerprint density at radius 3 is 2.44 bits per heavy atom. The molecule has 0 spiro atoms. The molecule has 0 aliphatic carbocycles. The molecule has 1 unspecified atom stereocenters. The van der Waals surface area contributed by atoms with E-state index >= 15 is 0 Å². The summed E-state index contributed by atoms with van der Waals surface area (Å²) in [6.07, 6.45) is 0.944. The third-order valence-electron chi connectivity index (χ3n) is 3.14. The summed E-state index contributed by atoms with van der Waals surface area (Å²) in [5.74, 6) is 0. The molecule has 0 saturated heterocycles. The molecule has 0 bridgehead atoms. The van der Waals surface area contributed by atoms with Gasteiger partial charge in [0.1, 0.15) is 0 Å². The Balaban J connectivity index is 3.84. The number of ether oxygens (including phenoxy) is 1. The van der Waals surface area contributed by atoms with E-state index < -0.39 is 0 Å². The summed E-state index contributed by atoms with van der Waals surface area (Å²) in [6, 6.07) is 0. The fourth-order valence-electron chi connectivity index (χ4n) is 1.45. The van der Waals surface area contributed by atoms with E-state index in [1.54, 1.807) is 0 Å². The molecule has 0 aromatic carbocycles. The Bertz CT molecular complexity index is 161. The number of aliphatic hydroxyl groups excluding tert-OH is 1. The monoisotopic (exact) mass is 232 g/mol. The van der Waals surface area contributed by atoms with Crippen LogP contribution in [0.3, 0.4) is 0 Å². The number of rotatable bonds is 10. The fourth-order valence-corrected chi connectivity index (χ4v) is 1.45. The van der Waals surface area contributed by atoms with Gasteiger partial charge in [0.2, 0.25) is 0 Å². The molecule has 0 aromatic rings. The molecule has 0 saturated carbocycles. The van der Waals surface area contributed by atoms with Crippen molar-refractivity contribution >= 4 is 0 Å². The predicted octanol–water partition coefficient (Wildman–Crippen LogP) is 0.705. The van der Waals surface area contributed by atoms with E-state index in [9.17, 15) is 5.11 Å². The van der Waals surface area contributed by atoms with Crippen molar-refractivity contribution in [2.75, 3.05) is 46.5 Å². The van der Waals surface area contributed by atoms with E-state index in [-0.39, 0.29) is 12.1 Å². The van der Waals surface area contributed by atoms with Crippen molar-refractivity contribution in [3.05, 3.63) is 0 Å². The lowest BCUT2D eigenvalue weighted by atomic mass is 9.99. The third-order valence-corrected chi connectivity index (χ3v) is 3.14. The summed E-state index contributed by atoms with van der Waals surface area (Å²) < 4.78 is 5.34. The molecule has 0 rings (SSSR count). The van der Waals surface area contributed by atoms with Gasteiger partial charge in [-0.1, -0.05) is 6.92 Å². The first-order chi connectivity index (χ1) is 7.61. The van der Waals surface area contributed by atoms with Crippen LogP contribution < -0.4 is 5.32 Å². The summed E-state index contributed by atoms with van der Waals surface area (Å²) in [6.45, 7) is 10.9. The first-order valence-electron chi connectivity index (χ1n) is 6.21. The van der Waals surface area contributed by atoms with Crippen LogP contribution in [-0.4, -0.2) is 62.0 Å². The number of hydrogen-bond acceptors (Lipinski definition) is 4. The van der Waals surface area contributed by atoms with Crippen LogP contribution in [0.15, 0.2) is 0 Å². The molecule has 2 N–H and O–H groups in total. The van der Waals surface area contributed by atoms with E-state index in [0.717, 1.165) is 39.3 Å². The molecule has 0 aromatic heterocycles. The SMILES string of the molecule is CCOCCN(CC)CCC(C)(CO)NC. The molecule has 0 heterocycles. The van der Waals surface area contributed by atoms with Gasteiger partial charge in [0, 0.05) is 25.2 Å². The van der Waals surface area contributed by atoms with Crippen molar-refractivity contribution in [1.29, 1.82) is 0 Å². The highest BCUT2D eigenvalue weighted by Gasteiger charge is 2.21. The summed E-state index contributed by atoms with van der Waals surface area (Å²) >= 11 is 0. The van der Waals surface area contributed by atoms with Crippen molar-refractivity contribution < 1.29 is 9.84 Å². The van der Waals surface area contributed by atoms with Crippen LogP contribution in [0, 0.1) is 0 Å². The molecule has 0 fully saturated rings. The lowest BCUT2D eigenvalue weighted by Gasteiger charge is -2.30. The normalized spacial score (nSPS) is 15.4. The molecule has 98 valence electrons. The molecular weight excluding hydrogens is 204 g/mol. The number of nitrogens with one attached hydrogen (secondary N) is 1. The number of hydrogen-bond donors (Lipinski definition) is 2. The molecule has 1 atom stereocenters. The van der Waals surface area contributed by atoms with Gasteiger partial charge in [-0.05, 0) is 33.9 Å². The van der Waals surface area contributed by atoms with Gasteiger partial charge in [-0.3, -0.25) is 0 Å². The van der Waals surface area contributed by atoms with Gasteiger partial charge < -0.3 is 20.1 Å². The van der Waals surface area contributed by atoms with Gasteiger partial charge in [0.05, 0.1) is 13.2 Å². The van der Waals surface area contributed by atoms with Gasteiger partial charge in [0.15, 0.2) is 0 Å². The molecule has 4 heteroatoms. The lowest BCUT2D eigenvalue weighted by molar-refractivity contribution is 0.104. The first kappa shape index (κ1) is 15.8. The summed E-state index contributed by atoms with van der Waals surface area (Å²) in [5, 5.41) is 12.4. The van der Waals surface area contributed by atoms with Crippen molar-refractivity contribution in [1.82, 2.24) is 10.2 Å². The van der Waals surface area contributed by atoms with Crippen LogP contribution in [0.5, 0.6) is 0 Å². The quantitative estimate of drug-likeness (QED) is 0.544. The molecule has 16 heavy (non-hydrogen) atoms. The van der Waals surface area contributed by atoms with Gasteiger partial charge in [0.25, 0.3) is 0 Å². The fraction of sp³-hybridized carbons (Fsp3) is 1.00. The predicted molar refractivity (Wildman–Crippen MR) is 67.8 cm³/mol. The van der Waals surface area contributed by atoms with E-state index in [0.29, 0.717) is 0 Å². The molecule has 0 aliphatic heterocycles. The second kappa shape index (κ2) is 8.93. The largest absolute Gasteiger partial charge is 0.394 e. The summed E-state index contributed by atoms with van der Waals surface area (Å²) in [4.78, 5) is 2.35. The smallest absolute Gasteiger partial charge is 0.0610 e. The van der Waals surface area contributed by atoms with Crippen LogP contribution in [0.4, 0.5) is 0 Å². The standard InChI is InChI=1S/C12H28N2O2/c1-5-14(9-10-16-6-2)8-7-12(3,11-15)13-4/h13,15H,5-11H2,1-4H3. The zero-order valence-corrected chi connectivity index (χ0v) is 11.3. The minimum absolute atomic E-state index is 0.168. The highest BCUT2D eigenvalue weighted by atomic mass is 16.5. The maximum absolute atomic E-state index is 9.28. The van der Waals surface area contributed by atoms with Crippen LogP contribution in [0.25, 0.3) is 0 Å². The highest BCUT2D eigenvalue weighted by Crippen LogP contribution is 2.08. The van der Waals surface area contributed by atoms with E-state index in [2.05, 4.69) is 17.1 Å². The number of nitrogens with zero attached hydrogens (tertiary/aromatic N) is 1. The average Bonchev–Trinajstić information content (AvgIpc) is 2.33. The maximum atomic E-state index is 9.28. The van der Waals surface area contributed by atoms with Crippen molar-refractivity contribution in [2.24, 2.45) is 0 Å². The van der Waals surface area contributed by atoms with E-state index in [4.69, 9.17) is 4.74 Å². The Kier molecular flexibility index (Phi) is 8.84. The molecule has 0 aliphatic rings. The van der Waals surface area contributed by atoms with Crippen LogP contribution in [0.1, 0.15) is 27.2 Å². The Hall–Kier alpha value is -0.160. The van der Waals surface area contributed by atoms with Crippen LogP contribution >= 0.6 is 0 Å². The van der Waals surface area contributed by atoms with Gasteiger partial charge in [-0.25, -0.2) is 0 Å². The lowest BCUT2D eigenvalue weighted by Crippen LogP contribution is -2.46. The van der Waals surface area contributed by atoms with Gasteiger partial charge >= 0.3 is 0 Å². The van der Waals surface area contributed by atoms with Gasteiger partial charge in [-0.15, -0.1) is 0 Å². The van der Waals surface area contributed by atoms with E-state index in [1.165, 1.54) is 0 Å². The number of aliphatic hydroxyl groups is 1. The average molecular weight is 232 g/mol. The topological polar surface area (TPSA) is 44.7 Å². The van der Waals surface area contributed by atoms with Gasteiger partial charge in [-0.2, -0.15) is 0 Å². The highest BCUT2D eigenvalue weighted by molar-refractivity contribution is 4.81. The van der Waals surface area contributed by atoms with E-state index in [1.807, 2.05) is 20.9 Å². The van der Waals surface area contributed by atoms with Crippen LogP contribution in [-0.2, 0) is 4.74 Å². The minimum atomic E-state index is -0.168. The maximum Gasteiger partial charge on any atom is 0.0610 e. The molecule has 4 nitrogen and oxygen atoms in total. The first-order valence-corrected chi connectivity index (χ1v) is 6.21. The zero-order valence-electron chi connectivity index (χ0n) is 11.3. The second-order valence-corrected chi connectivity index (χ2v) is 4.35. The second-order valence-electron chi connectivity index (χ2n) is 4.35. The molecule has 0 amide bonds. The van der Waals surface area contributed by atoms with Crippen molar-refractivity contribution in [3.63, 3.8) is 0 Å². The third kappa shape index (κ3) is 6.43. The Morgan fingerprint density at radius 1 is 1.31 bits per heavy atom. The number of likely N-dealkylation sites (N-methyl/N-ethyl adjacent to an activating group) is 2. The van der Waals surface area contributed by atoms with Crippen molar-refractivity contribution in [3.8, 4) is 0 Å². The Morgan fingerprint density at radius 2 is 2.00 bits per heavy atom. The van der Waals surface area contributed by atoms with Crippen molar-refractivity contribution in [2.45, 2.75) is 32.7 Å². The molecular formula is C12H28N2O2. The minimum Gasteiger partial charge on any atom is -0.394 e. The molecule has 0 radical (unpaired) electrons. The summed E-state index contributed by atoms with van der Waals surface area (Å²) in [5.41, 5.74) is -0.168. The Labute approximate surface area is 100.0 Å². The summed E-state index contributed by atoms with van der Waals surface area (Å²) in [7, 11) is 1.90.